The van der Waals surface area contributed by atoms with Crippen LogP contribution in [0.15, 0.2) is 23.3 Å². The second-order valence-electron chi connectivity index (χ2n) is 3.22. The van der Waals surface area contributed by atoms with Crippen LogP contribution in [0.4, 0.5) is 0 Å². The third kappa shape index (κ3) is 2.59. The Morgan fingerprint density at radius 1 is 1.53 bits per heavy atom. The molecule has 1 aliphatic heterocycles. The van der Waals surface area contributed by atoms with E-state index in [1.807, 2.05) is 12.1 Å². The number of hydrogen-bond acceptors (Lipinski definition) is 5. The number of aromatic nitrogens is 1. The van der Waals surface area contributed by atoms with Gasteiger partial charge in [-0.3, -0.25) is 4.99 Å². The number of guanidine groups is 1. The van der Waals surface area contributed by atoms with Crippen molar-refractivity contribution in [3.05, 3.63) is 23.9 Å². The molecule has 0 aliphatic carbocycles. The number of methoxy groups -OCH3 is 1. The van der Waals surface area contributed by atoms with Crippen LogP contribution >= 0.6 is 0 Å². The van der Waals surface area contributed by atoms with Gasteiger partial charge in [0.25, 0.3) is 0 Å². The maximum Gasteiger partial charge on any atom is 0.212 e. The summed E-state index contributed by atoms with van der Waals surface area (Å²) in [5.74, 6) is 1.50. The molecule has 0 saturated heterocycles. The largest absolute Gasteiger partial charge is 0.481 e. The Morgan fingerprint density at radius 3 is 3.07 bits per heavy atom. The zero-order valence-electron chi connectivity index (χ0n) is 8.66. The molecule has 0 fully saturated rings. The quantitative estimate of drug-likeness (QED) is 0.738. The highest BCUT2D eigenvalue weighted by Gasteiger charge is 2.03. The highest BCUT2D eigenvalue weighted by molar-refractivity contribution is 5.81. The number of pyridine rings is 1. The average molecular weight is 206 g/mol. The van der Waals surface area contributed by atoms with Crippen molar-refractivity contribution in [1.29, 1.82) is 0 Å². The molecule has 1 aromatic heterocycles. The van der Waals surface area contributed by atoms with E-state index in [9.17, 15) is 0 Å². The SMILES string of the molecule is COc1ccc(CNC2=NCCN2)cn1. The molecule has 0 spiro atoms. The van der Waals surface area contributed by atoms with Gasteiger partial charge < -0.3 is 15.4 Å². The molecule has 80 valence electrons. The van der Waals surface area contributed by atoms with Gasteiger partial charge in [-0.05, 0) is 5.56 Å². The third-order valence-electron chi connectivity index (χ3n) is 2.14. The van der Waals surface area contributed by atoms with Crippen LogP contribution in [0.5, 0.6) is 5.88 Å². The predicted molar refractivity (Wildman–Crippen MR) is 57.9 cm³/mol. The number of aliphatic imine (C=N–C) groups is 1. The predicted octanol–water partition coefficient (Wildman–Crippen LogP) is 0.139. The highest BCUT2D eigenvalue weighted by Crippen LogP contribution is 2.06. The minimum atomic E-state index is 0.634. The first kappa shape index (κ1) is 9.76. The molecule has 2 rings (SSSR count). The number of hydrogen-bond donors (Lipinski definition) is 2. The van der Waals surface area contributed by atoms with Gasteiger partial charge in [0.1, 0.15) is 0 Å². The van der Waals surface area contributed by atoms with E-state index in [-0.39, 0.29) is 0 Å². The van der Waals surface area contributed by atoms with Crippen LogP contribution in [0.25, 0.3) is 0 Å². The van der Waals surface area contributed by atoms with Crippen molar-refractivity contribution in [2.24, 2.45) is 4.99 Å². The van der Waals surface area contributed by atoms with Crippen molar-refractivity contribution in [1.82, 2.24) is 15.6 Å². The first-order chi connectivity index (χ1) is 7.38. The van der Waals surface area contributed by atoms with Gasteiger partial charge in [0.2, 0.25) is 5.88 Å². The average Bonchev–Trinajstić information content (AvgIpc) is 2.80. The van der Waals surface area contributed by atoms with Crippen molar-refractivity contribution in [2.75, 3.05) is 20.2 Å². The molecule has 0 unspecified atom stereocenters. The Labute approximate surface area is 88.6 Å². The molecular weight excluding hydrogens is 192 g/mol. The Balaban J connectivity index is 1.87. The molecule has 1 aromatic rings. The van der Waals surface area contributed by atoms with Crippen LogP contribution in [0.3, 0.4) is 0 Å². The maximum atomic E-state index is 4.98. The van der Waals surface area contributed by atoms with Crippen molar-refractivity contribution in [3.63, 3.8) is 0 Å². The summed E-state index contributed by atoms with van der Waals surface area (Å²) in [4.78, 5) is 8.35. The minimum Gasteiger partial charge on any atom is -0.481 e. The molecule has 0 radical (unpaired) electrons. The lowest BCUT2D eigenvalue weighted by Crippen LogP contribution is -2.33. The monoisotopic (exact) mass is 206 g/mol. The number of ether oxygens (including phenoxy) is 1. The summed E-state index contributed by atoms with van der Waals surface area (Å²) in [5.41, 5.74) is 1.10. The van der Waals surface area contributed by atoms with Gasteiger partial charge in [-0.1, -0.05) is 6.07 Å². The van der Waals surface area contributed by atoms with Crippen LogP contribution in [-0.4, -0.2) is 31.1 Å². The van der Waals surface area contributed by atoms with Gasteiger partial charge in [-0.2, -0.15) is 0 Å². The van der Waals surface area contributed by atoms with E-state index in [0.29, 0.717) is 5.88 Å². The van der Waals surface area contributed by atoms with E-state index in [4.69, 9.17) is 4.74 Å². The third-order valence-corrected chi connectivity index (χ3v) is 2.14. The van der Waals surface area contributed by atoms with Crippen molar-refractivity contribution < 1.29 is 4.74 Å². The van der Waals surface area contributed by atoms with Crippen LogP contribution in [-0.2, 0) is 6.54 Å². The molecule has 15 heavy (non-hydrogen) atoms. The Morgan fingerprint density at radius 2 is 2.47 bits per heavy atom. The molecule has 0 atom stereocenters. The number of nitrogens with zero attached hydrogens (tertiary/aromatic N) is 2. The van der Waals surface area contributed by atoms with Crippen LogP contribution < -0.4 is 15.4 Å². The van der Waals surface area contributed by atoms with Gasteiger partial charge in [-0.25, -0.2) is 4.98 Å². The van der Waals surface area contributed by atoms with Gasteiger partial charge in [0, 0.05) is 25.4 Å². The molecule has 0 amide bonds. The molecule has 1 aliphatic rings. The van der Waals surface area contributed by atoms with E-state index in [0.717, 1.165) is 31.2 Å². The standard InChI is InChI=1S/C10H14N4O/c1-15-9-3-2-8(6-13-9)7-14-10-11-4-5-12-10/h2-3,6H,4-5,7H2,1H3,(H2,11,12,14). The van der Waals surface area contributed by atoms with Gasteiger partial charge in [-0.15, -0.1) is 0 Å². The van der Waals surface area contributed by atoms with E-state index in [1.54, 1.807) is 13.3 Å². The van der Waals surface area contributed by atoms with E-state index < -0.39 is 0 Å². The molecule has 2 heterocycles. The summed E-state index contributed by atoms with van der Waals surface area (Å²) >= 11 is 0. The first-order valence-electron chi connectivity index (χ1n) is 4.89. The zero-order chi connectivity index (χ0) is 10.5. The summed E-state index contributed by atoms with van der Waals surface area (Å²) < 4.78 is 4.98. The molecule has 2 N–H and O–H groups in total. The summed E-state index contributed by atoms with van der Waals surface area (Å²) in [6.07, 6.45) is 1.79. The summed E-state index contributed by atoms with van der Waals surface area (Å²) in [5, 5.41) is 6.34. The van der Waals surface area contributed by atoms with E-state index in [2.05, 4.69) is 20.6 Å². The van der Waals surface area contributed by atoms with E-state index >= 15 is 0 Å². The number of nitrogens with one attached hydrogen (secondary N) is 2. The fourth-order valence-corrected chi connectivity index (χ4v) is 1.34. The van der Waals surface area contributed by atoms with Gasteiger partial charge in [0.05, 0.1) is 13.7 Å². The summed E-state index contributed by atoms with van der Waals surface area (Å²) in [6.45, 7) is 2.50. The lowest BCUT2D eigenvalue weighted by molar-refractivity contribution is 0.397. The Bertz CT molecular complexity index is 347. The van der Waals surface area contributed by atoms with Gasteiger partial charge >= 0.3 is 0 Å². The van der Waals surface area contributed by atoms with Crippen molar-refractivity contribution in [3.8, 4) is 5.88 Å². The van der Waals surface area contributed by atoms with Crippen LogP contribution in [0.1, 0.15) is 5.56 Å². The van der Waals surface area contributed by atoms with Gasteiger partial charge in [0.15, 0.2) is 5.96 Å². The molecular formula is C10H14N4O. The van der Waals surface area contributed by atoms with Crippen LogP contribution in [0.2, 0.25) is 0 Å². The van der Waals surface area contributed by atoms with E-state index in [1.165, 1.54) is 0 Å². The highest BCUT2D eigenvalue weighted by atomic mass is 16.5. The normalized spacial score (nSPS) is 14.3. The number of rotatable bonds is 3. The minimum absolute atomic E-state index is 0.634. The fraction of sp³-hybridized carbons (Fsp3) is 0.400. The fourth-order valence-electron chi connectivity index (χ4n) is 1.34. The first-order valence-corrected chi connectivity index (χ1v) is 4.89. The summed E-state index contributed by atoms with van der Waals surface area (Å²) in [6, 6.07) is 3.83. The Kier molecular flexibility index (Phi) is 3.02. The smallest absolute Gasteiger partial charge is 0.212 e. The molecule has 0 aromatic carbocycles. The topological polar surface area (TPSA) is 58.5 Å². The zero-order valence-corrected chi connectivity index (χ0v) is 8.66. The van der Waals surface area contributed by atoms with Crippen LogP contribution in [0, 0.1) is 0 Å². The second-order valence-corrected chi connectivity index (χ2v) is 3.22. The molecule has 5 nitrogen and oxygen atoms in total. The van der Waals surface area contributed by atoms with Crippen molar-refractivity contribution in [2.45, 2.75) is 6.54 Å². The second kappa shape index (κ2) is 4.63. The molecule has 0 bridgehead atoms. The molecule has 5 heteroatoms. The van der Waals surface area contributed by atoms with Crippen molar-refractivity contribution >= 4 is 5.96 Å². The maximum absolute atomic E-state index is 4.98. The lowest BCUT2D eigenvalue weighted by Gasteiger charge is -2.06. The lowest BCUT2D eigenvalue weighted by atomic mass is 10.3. The Hall–Kier alpha value is -1.78. The summed E-state index contributed by atoms with van der Waals surface area (Å²) in [7, 11) is 1.61. The molecule has 0 saturated carbocycles.